The summed E-state index contributed by atoms with van der Waals surface area (Å²) in [4.78, 5) is 4.72. The summed E-state index contributed by atoms with van der Waals surface area (Å²) in [5.41, 5.74) is 2.35. The van der Waals surface area contributed by atoms with Gasteiger partial charge < -0.3 is 0 Å². The summed E-state index contributed by atoms with van der Waals surface area (Å²) in [6, 6.07) is 33.7. The summed E-state index contributed by atoms with van der Waals surface area (Å²) < 4.78 is 1.94. The second-order valence-corrected chi connectivity index (χ2v) is 8.78. The molecule has 33 heavy (non-hydrogen) atoms. The Morgan fingerprint density at radius 3 is 1.58 bits per heavy atom. The van der Waals surface area contributed by atoms with Gasteiger partial charge in [0.25, 0.3) is 0 Å². The Bertz CT molecular complexity index is 1110. The zero-order chi connectivity index (χ0) is 23.3. The highest BCUT2D eigenvalue weighted by Gasteiger charge is 2.41. The molecule has 1 atom stereocenters. The third kappa shape index (κ3) is 3.85. The van der Waals surface area contributed by atoms with Gasteiger partial charge in [-0.1, -0.05) is 112 Å². The van der Waals surface area contributed by atoms with Gasteiger partial charge in [-0.15, -0.1) is 0 Å². The topological polar surface area (TPSA) is 54.5 Å². The third-order valence-electron chi connectivity index (χ3n) is 7.13. The minimum absolute atomic E-state index is 0.185. The van der Waals surface area contributed by atoms with E-state index in [1.165, 1.54) is 0 Å². The van der Waals surface area contributed by atoms with E-state index in [9.17, 15) is 5.26 Å². The molecule has 0 radical (unpaired) electrons. The third-order valence-corrected chi connectivity index (χ3v) is 7.13. The highest BCUT2D eigenvalue weighted by atomic mass is 15.4. The van der Waals surface area contributed by atoms with Gasteiger partial charge in [0.05, 0.1) is 6.07 Å². The molecule has 0 saturated heterocycles. The fourth-order valence-electron chi connectivity index (χ4n) is 4.69. The summed E-state index contributed by atoms with van der Waals surface area (Å²) in [6.07, 6.45) is 3.56. The molecule has 166 valence electrons. The zero-order valence-electron chi connectivity index (χ0n) is 19.5. The Morgan fingerprint density at radius 1 is 0.788 bits per heavy atom. The number of hydrogen-bond donors (Lipinski definition) is 0. The monoisotopic (exact) mass is 434 g/mol. The van der Waals surface area contributed by atoms with Crippen molar-refractivity contribution in [3.63, 3.8) is 0 Å². The van der Waals surface area contributed by atoms with Crippen LogP contribution in [0.5, 0.6) is 0 Å². The number of hydrogen-bond acceptors (Lipinski definition) is 3. The number of nitrogens with zero attached hydrogens (tertiary/aromatic N) is 4. The van der Waals surface area contributed by atoms with Gasteiger partial charge in [-0.05, 0) is 34.9 Å². The van der Waals surface area contributed by atoms with E-state index in [1.807, 2.05) is 22.9 Å². The summed E-state index contributed by atoms with van der Waals surface area (Å²) in [5.74, 6) is 0.199. The van der Waals surface area contributed by atoms with E-state index in [-0.39, 0.29) is 11.3 Å². The average Bonchev–Trinajstić information content (AvgIpc) is 3.36. The van der Waals surface area contributed by atoms with E-state index in [1.54, 1.807) is 6.33 Å². The van der Waals surface area contributed by atoms with E-state index in [0.29, 0.717) is 5.82 Å². The molecule has 0 bridgehead atoms. The Labute approximate surface area is 196 Å². The number of aromatic nitrogens is 3. The predicted octanol–water partition coefficient (Wildman–Crippen LogP) is 6.55. The summed E-state index contributed by atoms with van der Waals surface area (Å²) in [6.45, 7) is 6.42. The summed E-state index contributed by atoms with van der Waals surface area (Å²) in [5, 5.41) is 15.1. The minimum atomic E-state index is -0.718. The Balaban J connectivity index is 2.01. The van der Waals surface area contributed by atoms with Crippen molar-refractivity contribution >= 4 is 0 Å². The van der Waals surface area contributed by atoms with Crippen molar-refractivity contribution in [1.82, 2.24) is 14.8 Å². The molecule has 3 aromatic carbocycles. The van der Waals surface area contributed by atoms with Gasteiger partial charge in [0.2, 0.25) is 0 Å². The molecule has 0 spiro atoms. The van der Waals surface area contributed by atoms with Crippen molar-refractivity contribution in [2.75, 3.05) is 0 Å². The van der Waals surface area contributed by atoms with Crippen LogP contribution >= 0.6 is 0 Å². The van der Waals surface area contributed by atoms with E-state index < -0.39 is 5.54 Å². The van der Waals surface area contributed by atoms with Crippen LogP contribution in [0, 0.1) is 16.7 Å². The Morgan fingerprint density at radius 2 is 1.21 bits per heavy atom. The van der Waals surface area contributed by atoms with Crippen LogP contribution in [0.4, 0.5) is 0 Å². The lowest BCUT2D eigenvalue weighted by molar-refractivity contribution is 0.259. The van der Waals surface area contributed by atoms with Gasteiger partial charge in [-0.3, -0.25) is 0 Å². The lowest BCUT2D eigenvalue weighted by atomic mass is 9.73. The largest absolute Gasteiger partial charge is 0.233 e. The molecule has 4 aromatic rings. The van der Waals surface area contributed by atoms with E-state index in [2.05, 4.69) is 99.6 Å². The smallest absolute Gasteiger partial charge is 0.168 e. The standard InChI is InChI=1S/C29H30N4/c1-4-28(3,5-2)26(21-30)27-31-22-33(32-27)29(23-15-9-6-10-16-23,24-17-11-7-12-18-24)25-19-13-8-14-20-25/h6-20,22,26H,4-5H2,1-3H3. The summed E-state index contributed by atoms with van der Waals surface area (Å²) in [7, 11) is 0. The fourth-order valence-corrected chi connectivity index (χ4v) is 4.69. The van der Waals surface area contributed by atoms with Crippen LogP contribution in [0.25, 0.3) is 0 Å². The quantitative estimate of drug-likeness (QED) is 0.295. The van der Waals surface area contributed by atoms with Crippen molar-refractivity contribution in [1.29, 1.82) is 5.26 Å². The average molecular weight is 435 g/mol. The zero-order valence-corrected chi connectivity index (χ0v) is 19.5. The maximum absolute atomic E-state index is 10.1. The first kappa shape index (κ1) is 22.5. The fraction of sp³-hybridized carbons (Fsp3) is 0.276. The molecule has 0 amide bonds. The first-order chi connectivity index (χ1) is 16.1. The van der Waals surface area contributed by atoms with Crippen molar-refractivity contribution < 1.29 is 0 Å². The van der Waals surface area contributed by atoms with Crippen LogP contribution in [0.3, 0.4) is 0 Å². The first-order valence-electron chi connectivity index (χ1n) is 11.6. The van der Waals surface area contributed by atoms with Crippen LogP contribution in [-0.2, 0) is 5.54 Å². The molecule has 1 aromatic heterocycles. The predicted molar refractivity (Wildman–Crippen MR) is 132 cm³/mol. The highest BCUT2D eigenvalue weighted by molar-refractivity contribution is 5.50. The highest BCUT2D eigenvalue weighted by Crippen LogP contribution is 2.43. The van der Waals surface area contributed by atoms with Gasteiger partial charge in [0.1, 0.15) is 17.8 Å². The molecule has 0 aliphatic rings. The minimum Gasteiger partial charge on any atom is -0.233 e. The molecule has 0 aliphatic carbocycles. The normalized spacial score (nSPS) is 12.8. The maximum Gasteiger partial charge on any atom is 0.168 e. The maximum atomic E-state index is 10.1. The van der Waals surface area contributed by atoms with Gasteiger partial charge in [-0.2, -0.15) is 10.4 Å². The lowest BCUT2D eigenvalue weighted by Crippen LogP contribution is -2.38. The van der Waals surface area contributed by atoms with E-state index >= 15 is 0 Å². The molecule has 1 unspecified atom stereocenters. The van der Waals surface area contributed by atoms with Crippen LogP contribution < -0.4 is 0 Å². The van der Waals surface area contributed by atoms with Crippen LogP contribution in [0.15, 0.2) is 97.3 Å². The van der Waals surface area contributed by atoms with Gasteiger partial charge in [-0.25, -0.2) is 9.67 Å². The Kier molecular flexibility index (Phi) is 6.42. The van der Waals surface area contributed by atoms with Crippen molar-refractivity contribution in [2.24, 2.45) is 5.41 Å². The number of benzene rings is 3. The van der Waals surface area contributed by atoms with E-state index in [4.69, 9.17) is 10.1 Å². The molecule has 1 heterocycles. The Hall–Kier alpha value is -3.71. The van der Waals surface area contributed by atoms with Gasteiger partial charge in [0.15, 0.2) is 5.82 Å². The van der Waals surface area contributed by atoms with Crippen LogP contribution in [0.1, 0.15) is 62.0 Å². The lowest BCUT2D eigenvalue weighted by Gasteiger charge is -2.36. The molecule has 0 fully saturated rings. The molecule has 4 rings (SSSR count). The molecule has 0 N–H and O–H groups in total. The second-order valence-electron chi connectivity index (χ2n) is 8.78. The van der Waals surface area contributed by atoms with Crippen molar-refractivity contribution in [2.45, 2.75) is 45.1 Å². The van der Waals surface area contributed by atoms with Gasteiger partial charge >= 0.3 is 0 Å². The second kappa shape index (κ2) is 9.42. The molecule has 0 aliphatic heterocycles. The molecular weight excluding hydrogens is 404 g/mol. The van der Waals surface area contributed by atoms with E-state index in [0.717, 1.165) is 29.5 Å². The molecule has 4 heteroatoms. The van der Waals surface area contributed by atoms with Crippen molar-refractivity contribution in [3.05, 3.63) is 120 Å². The SMILES string of the molecule is CCC(C)(CC)C(C#N)c1ncn(C(c2ccccc2)(c2ccccc2)c2ccccc2)n1. The molecule has 4 nitrogen and oxygen atoms in total. The van der Waals surface area contributed by atoms with Gasteiger partial charge in [0, 0.05) is 0 Å². The molecular formula is C29H30N4. The molecule has 0 saturated carbocycles. The van der Waals surface area contributed by atoms with Crippen LogP contribution in [-0.4, -0.2) is 14.8 Å². The number of rotatable bonds is 8. The first-order valence-corrected chi connectivity index (χ1v) is 11.6. The van der Waals surface area contributed by atoms with Crippen LogP contribution in [0.2, 0.25) is 0 Å². The summed E-state index contributed by atoms with van der Waals surface area (Å²) >= 11 is 0. The van der Waals surface area contributed by atoms with Crippen molar-refractivity contribution in [3.8, 4) is 6.07 Å². The number of nitriles is 1.